The summed E-state index contributed by atoms with van der Waals surface area (Å²) in [5, 5.41) is 13.9. The van der Waals surface area contributed by atoms with Crippen LogP contribution in [0.4, 0.5) is 4.79 Å². The van der Waals surface area contributed by atoms with Gasteiger partial charge in [0, 0.05) is 0 Å². The van der Waals surface area contributed by atoms with Crippen molar-refractivity contribution >= 4 is 130 Å². The molecular weight excluding hydrogens is 461 g/mol. The van der Waals surface area contributed by atoms with Crippen molar-refractivity contribution in [2.24, 2.45) is 0 Å². The third-order valence-corrected chi connectivity index (χ3v) is 0. The first-order valence-electron chi connectivity index (χ1n) is 2.75. The van der Waals surface area contributed by atoms with Gasteiger partial charge in [0.25, 0.3) is 0 Å². The second-order valence-corrected chi connectivity index (χ2v) is 4.31. The lowest BCUT2D eigenvalue weighted by Gasteiger charge is -1.68. The Kier molecular flexibility index (Phi) is 63.6. The van der Waals surface area contributed by atoms with E-state index >= 15 is 0 Å². The van der Waals surface area contributed by atoms with E-state index in [2.05, 4.69) is 0 Å². The van der Waals surface area contributed by atoms with Crippen molar-refractivity contribution in [1.29, 1.82) is 0 Å². The Morgan fingerprint density at radius 2 is 0.500 bits per heavy atom. The molecule has 0 bridgehead atoms. The van der Waals surface area contributed by atoms with Gasteiger partial charge < -0.3 is 15.7 Å². The fourth-order valence-corrected chi connectivity index (χ4v) is 0. The van der Waals surface area contributed by atoms with Crippen molar-refractivity contribution in [3.63, 3.8) is 0 Å². The van der Waals surface area contributed by atoms with E-state index in [9.17, 15) is 0 Å². The lowest BCUT2D eigenvalue weighted by Crippen LogP contribution is -1.89. The monoisotopic (exact) mass is 478 g/mol. The first-order valence-corrected chi connectivity index (χ1v) is 6.94. The summed E-state index contributed by atoms with van der Waals surface area (Å²) in [6.45, 7) is 0. The molecular formula is CH18Mg4O16S3. The summed E-state index contributed by atoms with van der Waals surface area (Å²) in [5.74, 6) is 0. The van der Waals surface area contributed by atoms with Gasteiger partial charge in [-0.25, -0.2) is 4.79 Å². The van der Waals surface area contributed by atoms with Crippen LogP contribution in [0.3, 0.4) is 0 Å². The van der Waals surface area contributed by atoms with Crippen molar-refractivity contribution in [3.05, 3.63) is 0 Å². The standard InChI is InChI=1S/CH2O3.4Mg.3H2O4S.H2O.8H/c2-1(3)4;;;;;3*1-5(2,3)4;;;;;;;;;/h(H2,2,3,4);;;;;3*(H2,1,2,3,4);1H2;;;;;;;;. The largest absolute Gasteiger partial charge is 0.503 e. The van der Waals surface area contributed by atoms with E-state index in [1.807, 2.05) is 0 Å². The average molecular weight is 480 g/mol. The molecule has 0 radical (unpaired) electrons. The Bertz CT molecular complexity index is 431. The molecule has 10 N–H and O–H groups in total. The Balaban J connectivity index is -0.0000000167. The molecule has 0 aliphatic carbocycles. The van der Waals surface area contributed by atoms with E-state index < -0.39 is 37.4 Å². The molecule has 0 spiro atoms. The van der Waals surface area contributed by atoms with Gasteiger partial charge in [0.1, 0.15) is 0 Å². The van der Waals surface area contributed by atoms with Gasteiger partial charge >= 0.3 is 130 Å². The van der Waals surface area contributed by atoms with Crippen LogP contribution < -0.4 is 0 Å². The van der Waals surface area contributed by atoms with Crippen LogP contribution in [0.5, 0.6) is 0 Å². The molecule has 0 rings (SSSR count). The van der Waals surface area contributed by atoms with Crippen molar-refractivity contribution in [2.75, 3.05) is 0 Å². The van der Waals surface area contributed by atoms with Crippen LogP contribution in [0.25, 0.3) is 0 Å². The van der Waals surface area contributed by atoms with Crippen LogP contribution in [0.1, 0.15) is 0 Å². The maximum atomic E-state index is 8.74. The first kappa shape index (κ1) is 56.2. The van der Waals surface area contributed by atoms with Crippen LogP contribution in [-0.2, 0) is 31.2 Å². The van der Waals surface area contributed by atoms with Gasteiger partial charge in [-0.15, -0.1) is 0 Å². The number of carboxylic acid groups (broad SMARTS) is 2. The lowest BCUT2D eigenvalue weighted by atomic mass is 11.5. The summed E-state index contributed by atoms with van der Waals surface area (Å²) < 4.78 is 94.8. The minimum Gasteiger partial charge on any atom is -0.450 e. The van der Waals surface area contributed by atoms with Crippen LogP contribution in [0.15, 0.2) is 0 Å². The second kappa shape index (κ2) is 27.1. The second-order valence-electron chi connectivity index (χ2n) is 1.63. The molecule has 0 amide bonds. The van der Waals surface area contributed by atoms with Gasteiger partial charge in [0.15, 0.2) is 0 Å². The lowest BCUT2D eigenvalue weighted by molar-refractivity contribution is 0.136. The number of rotatable bonds is 0. The summed E-state index contributed by atoms with van der Waals surface area (Å²) in [5.41, 5.74) is 0. The van der Waals surface area contributed by atoms with Crippen molar-refractivity contribution < 1.29 is 73.1 Å². The molecule has 0 atom stereocenters. The molecule has 0 heterocycles. The van der Waals surface area contributed by atoms with E-state index in [4.69, 9.17) is 67.6 Å². The maximum absolute atomic E-state index is 8.74. The molecule has 23 heteroatoms. The smallest absolute Gasteiger partial charge is 0.450 e. The van der Waals surface area contributed by atoms with Gasteiger partial charge in [-0.3, -0.25) is 27.3 Å². The van der Waals surface area contributed by atoms with E-state index in [-0.39, 0.29) is 97.7 Å². The summed E-state index contributed by atoms with van der Waals surface area (Å²) in [6, 6.07) is 0. The molecule has 0 saturated heterocycles. The SMILES string of the molecule is O.O=C(O)O.O=S(=O)(O)O.O=S(=O)(O)O.O=S(=O)(O)O.[MgH2].[MgH2].[MgH2].[MgH2]. The van der Waals surface area contributed by atoms with Crippen molar-refractivity contribution in [1.82, 2.24) is 0 Å². The van der Waals surface area contributed by atoms with E-state index in [0.717, 1.165) is 0 Å². The van der Waals surface area contributed by atoms with Gasteiger partial charge in [-0.1, -0.05) is 0 Å². The first-order chi connectivity index (χ1) is 7.73. The van der Waals surface area contributed by atoms with Gasteiger partial charge in [0.05, 0.1) is 0 Å². The maximum Gasteiger partial charge on any atom is 0.503 e. The molecule has 0 aromatic carbocycles. The van der Waals surface area contributed by atoms with Gasteiger partial charge in [-0.2, -0.15) is 25.3 Å². The molecule has 0 aromatic rings. The van der Waals surface area contributed by atoms with E-state index in [1.54, 1.807) is 0 Å². The summed E-state index contributed by atoms with van der Waals surface area (Å²) in [6.07, 6.45) is -1.83. The highest BCUT2D eigenvalue weighted by atomic mass is 32.3. The van der Waals surface area contributed by atoms with Gasteiger partial charge in [-0.05, 0) is 0 Å². The van der Waals surface area contributed by atoms with Crippen LogP contribution in [0.2, 0.25) is 0 Å². The Morgan fingerprint density at radius 3 is 0.500 bits per heavy atom. The van der Waals surface area contributed by atoms with Crippen molar-refractivity contribution in [2.45, 2.75) is 0 Å². The van der Waals surface area contributed by atoms with Crippen LogP contribution in [0, 0.1) is 0 Å². The van der Waals surface area contributed by atoms with E-state index in [0.29, 0.717) is 0 Å². The summed E-state index contributed by atoms with van der Waals surface area (Å²) in [4.78, 5) is 8.56. The third-order valence-electron chi connectivity index (χ3n) is 0. The summed E-state index contributed by atoms with van der Waals surface area (Å²) >= 11 is 0. The molecule has 0 unspecified atom stereocenters. The third kappa shape index (κ3) is 3460. The molecule has 0 aromatic heterocycles. The topological polar surface area (TPSA) is 313 Å². The van der Waals surface area contributed by atoms with Crippen LogP contribution >= 0.6 is 0 Å². The zero-order valence-corrected chi connectivity index (χ0v) is 11.1. The average Bonchev–Trinajstić information content (AvgIpc) is 1.66. The van der Waals surface area contributed by atoms with Crippen LogP contribution in [-0.4, -0.2) is 167 Å². The van der Waals surface area contributed by atoms with Crippen molar-refractivity contribution in [3.8, 4) is 0 Å². The molecule has 0 fully saturated rings. The highest BCUT2D eigenvalue weighted by Gasteiger charge is 1.85. The predicted octanol–water partition coefficient (Wildman–Crippen LogP) is -6.23. The molecule has 0 saturated carbocycles. The van der Waals surface area contributed by atoms with E-state index in [1.165, 1.54) is 0 Å². The molecule has 24 heavy (non-hydrogen) atoms. The number of carbonyl (C=O) groups is 1. The quantitative estimate of drug-likeness (QED) is 0.118. The predicted molar refractivity (Wildman–Crippen MR) is 91.0 cm³/mol. The Hall–Kier alpha value is 1.90. The zero-order valence-electron chi connectivity index (χ0n) is 8.66. The molecule has 144 valence electrons. The Labute approximate surface area is 200 Å². The fraction of sp³-hybridized carbons (Fsp3) is 0. The molecule has 0 aliphatic rings. The number of hydrogen-bond donors (Lipinski definition) is 8. The number of hydrogen-bond acceptors (Lipinski definition) is 7. The molecule has 0 aliphatic heterocycles. The fourth-order valence-electron chi connectivity index (χ4n) is 0. The minimum absolute atomic E-state index is 0. The highest BCUT2D eigenvalue weighted by molar-refractivity contribution is 7.80. The normalized spacial score (nSPS) is 8.25. The Morgan fingerprint density at radius 1 is 0.500 bits per heavy atom. The van der Waals surface area contributed by atoms with Gasteiger partial charge in [0.2, 0.25) is 0 Å². The highest BCUT2D eigenvalue weighted by Crippen LogP contribution is 1.60. The molecule has 16 nitrogen and oxygen atoms in total. The zero-order chi connectivity index (χ0) is 17.1. The summed E-state index contributed by atoms with van der Waals surface area (Å²) in [7, 11) is -14.0. The minimum atomic E-state index is -4.67.